The maximum atomic E-state index is 11.9. The molecule has 0 fully saturated rings. The molecule has 7 nitrogen and oxygen atoms in total. The van der Waals surface area contributed by atoms with E-state index in [1.807, 2.05) is 63.2 Å². The number of aromatic nitrogens is 3. The molecule has 2 aromatic heterocycles. The fraction of sp³-hybridized carbons (Fsp3) is 0.310. The van der Waals surface area contributed by atoms with E-state index in [9.17, 15) is 4.79 Å². The van der Waals surface area contributed by atoms with E-state index < -0.39 is 5.60 Å². The standard InChI is InChI=1S/C29H29Cl2N3O4/c1-29(2,3)37-26(35)11-7-10-25-24(31)15-19(16-32-25)27-33-28(38-34-27)18-12-13-21(20(14-18)17-36-4)22-8-5-6-9-23(22)30/h5-6,8-9,12-16H,7,10-11,17H2,1-4H3. The van der Waals surface area contributed by atoms with Crippen molar-refractivity contribution in [3.8, 4) is 34.0 Å². The van der Waals surface area contributed by atoms with Crippen molar-refractivity contribution < 1.29 is 18.8 Å². The Balaban J connectivity index is 1.49. The van der Waals surface area contributed by atoms with Gasteiger partial charge in [0.2, 0.25) is 5.82 Å². The molecule has 2 heterocycles. The first-order chi connectivity index (χ1) is 18.1. The number of halogens is 2. The van der Waals surface area contributed by atoms with Crippen molar-refractivity contribution in [1.29, 1.82) is 0 Å². The molecule has 0 atom stereocenters. The van der Waals surface area contributed by atoms with Crippen LogP contribution >= 0.6 is 23.2 Å². The van der Waals surface area contributed by atoms with Gasteiger partial charge in [0, 0.05) is 41.4 Å². The molecule has 38 heavy (non-hydrogen) atoms. The fourth-order valence-corrected chi connectivity index (χ4v) is 4.47. The molecule has 2 aromatic carbocycles. The van der Waals surface area contributed by atoms with Gasteiger partial charge in [0.25, 0.3) is 5.89 Å². The van der Waals surface area contributed by atoms with Gasteiger partial charge in [-0.1, -0.05) is 52.6 Å². The van der Waals surface area contributed by atoms with E-state index in [2.05, 4.69) is 15.1 Å². The van der Waals surface area contributed by atoms with E-state index in [1.54, 1.807) is 19.4 Å². The van der Waals surface area contributed by atoms with E-state index in [0.29, 0.717) is 58.9 Å². The number of nitrogens with zero attached hydrogens (tertiary/aromatic N) is 3. The number of rotatable bonds is 9. The summed E-state index contributed by atoms with van der Waals surface area (Å²) in [5, 5.41) is 5.26. The zero-order valence-corrected chi connectivity index (χ0v) is 23.3. The van der Waals surface area contributed by atoms with Crippen LogP contribution in [0.2, 0.25) is 10.0 Å². The van der Waals surface area contributed by atoms with Gasteiger partial charge in [-0.2, -0.15) is 4.98 Å². The predicted molar refractivity (Wildman–Crippen MR) is 148 cm³/mol. The van der Waals surface area contributed by atoms with E-state index in [1.165, 1.54) is 0 Å². The summed E-state index contributed by atoms with van der Waals surface area (Å²) in [6.45, 7) is 5.93. The Kier molecular flexibility index (Phi) is 8.82. The molecule has 0 amide bonds. The van der Waals surface area contributed by atoms with Gasteiger partial charge in [0.1, 0.15) is 5.60 Å². The van der Waals surface area contributed by atoms with Crippen molar-refractivity contribution in [1.82, 2.24) is 15.1 Å². The molecule has 0 radical (unpaired) electrons. The molecular formula is C29H29Cl2N3O4. The van der Waals surface area contributed by atoms with Crippen molar-refractivity contribution in [3.05, 3.63) is 76.0 Å². The molecule has 0 N–H and O–H groups in total. The number of benzene rings is 2. The Labute approximate surface area is 232 Å². The summed E-state index contributed by atoms with van der Waals surface area (Å²) in [7, 11) is 1.64. The molecule has 198 valence electrons. The van der Waals surface area contributed by atoms with Crippen molar-refractivity contribution in [2.75, 3.05) is 7.11 Å². The molecule has 0 aliphatic heterocycles. The van der Waals surface area contributed by atoms with Crippen LogP contribution in [-0.4, -0.2) is 33.8 Å². The number of pyridine rings is 1. The van der Waals surface area contributed by atoms with Gasteiger partial charge in [-0.05, 0) is 69.0 Å². The summed E-state index contributed by atoms with van der Waals surface area (Å²) in [5.41, 5.74) is 4.42. The summed E-state index contributed by atoms with van der Waals surface area (Å²) in [4.78, 5) is 21.0. The Morgan fingerprint density at radius 2 is 1.79 bits per heavy atom. The lowest BCUT2D eigenvalue weighted by Gasteiger charge is -2.19. The zero-order valence-electron chi connectivity index (χ0n) is 21.8. The number of ether oxygens (including phenoxy) is 2. The van der Waals surface area contributed by atoms with Crippen LogP contribution in [0.4, 0.5) is 0 Å². The lowest BCUT2D eigenvalue weighted by atomic mass is 9.97. The zero-order chi connectivity index (χ0) is 27.3. The van der Waals surface area contributed by atoms with Crippen molar-refractivity contribution in [2.24, 2.45) is 0 Å². The minimum atomic E-state index is -0.499. The van der Waals surface area contributed by atoms with Crippen molar-refractivity contribution in [2.45, 2.75) is 52.2 Å². The highest BCUT2D eigenvalue weighted by Crippen LogP contribution is 2.34. The minimum Gasteiger partial charge on any atom is -0.460 e. The Bertz CT molecular complexity index is 1430. The van der Waals surface area contributed by atoms with Crippen LogP contribution in [0.5, 0.6) is 0 Å². The summed E-state index contributed by atoms with van der Waals surface area (Å²) < 4.78 is 16.3. The van der Waals surface area contributed by atoms with E-state index in [4.69, 9.17) is 37.2 Å². The van der Waals surface area contributed by atoms with Gasteiger partial charge < -0.3 is 14.0 Å². The molecule has 0 saturated carbocycles. The number of carbonyl (C=O) groups is 1. The maximum Gasteiger partial charge on any atom is 0.306 e. The molecule has 0 aliphatic rings. The first kappa shape index (κ1) is 27.8. The van der Waals surface area contributed by atoms with Gasteiger partial charge in [-0.3, -0.25) is 9.78 Å². The van der Waals surface area contributed by atoms with E-state index in [-0.39, 0.29) is 5.97 Å². The highest BCUT2D eigenvalue weighted by atomic mass is 35.5. The number of hydrogen-bond donors (Lipinski definition) is 0. The summed E-state index contributed by atoms with van der Waals surface area (Å²) in [6, 6.07) is 15.3. The Morgan fingerprint density at radius 3 is 2.50 bits per heavy atom. The molecule has 0 spiro atoms. The predicted octanol–water partition coefficient (Wildman–Crippen LogP) is 7.58. The number of esters is 1. The molecule has 0 saturated heterocycles. The smallest absolute Gasteiger partial charge is 0.306 e. The largest absolute Gasteiger partial charge is 0.460 e. The molecule has 4 rings (SSSR count). The van der Waals surface area contributed by atoms with Gasteiger partial charge in [0.15, 0.2) is 0 Å². The van der Waals surface area contributed by atoms with E-state index >= 15 is 0 Å². The minimum absolute atomic E-state index is 0.238. The quantitative estimate of drug-likeness (QED) is 0.197. The van der Waals surface area contributed by atoms with Crippen LogP contribution in [0.25, 0.3) is 34.0 Å². The van der Waals surface area contributed by atoms with Crippen LogP contribution in [0.15, 0.2) is 59.3 Å². The number of hydrogen-bond acceptors (Lipinski definition) is 7. The lowest BCUT2D eigenvalue weighted by Crippen LogP contribution is -2.23. The molecule has 0 unspecified atom stereocenters. The summed E-state index contributed by atoms with van der Waals surface area (Å²) >= 11 is 12.9. The van der Waals surface area contributed by atoms with Crippen LogP contribution in [-0.2, 0) is 27.3 Å². The van der Waals surface area contributed by atoms with Gasteiger partial charge in [-0.15, -0.1) is 0 Å². The Morgan fingerprint density at radius 1 is 1.00 bits per heavy atom. The third-order valence-corrected chi connectivity index (χ3v) is 6.29. The van der Waals surface area contributed by atoms with Crippen molar-refractivity contribution in [3.63, 3.8) is 0 Å². The highest BCUT2D eigenvalue weighted by Gasteiger charge is 2.18. The fourth-order valence-electron chi connectivity index (χ4n) is 3.97. The van der Waals surface area contributed by atoms with Gasteiger partial charge in [-0.25, -0.2) is 0 Å². The normalized spacial score (nSPS) is 11.5. The monoisotopic (exact) mass is 553 g/mol. The second-order valence-corrected chi connectivity index (χ2v) is 10.6. The summed E-state index contributed by atoms with van der Waals surface area (Å²) in [6.07, 6.45) is 3.09. The third kappa shape index (κ3) is 6.98. The molecular weight excluding hydrogens is 525 g/mol. The summed E-state index contributed by atoms with van der Waals surface area (Å²) in [5.74, 6) is 0.497. The van der Waals surface area contributed by atoms with Crippen molar-refractivity contribution >= 4 is 29.2 Å². The average Bonchev–Trinajstić information content (AvgIpc) is 3.35. The molecule has 0 aliphatic carbocycles. The van der Waals surface area contributed by atoms with Crippen LogP contribution in [0, 0.1) is 0 Å². The first-order valence-electron chi connectivity index (χ1n) is 12.2. The number of methoxy groups -OCH3 is 1. The number of aryl methyl sites for hydroxylation is 1. The lowest BCUT2D eigenvalue weighted by molar-refractivity contribution is -0.154. The molecule has 4 aromatic rings. The molecule has 0 bridgehead atoms. The topological polar surface area (TPSA) is 87.3 Å². The van der Waals surface area contributed by atoms with Crippen LogP contribution in [0.3, 0.4) is 0 Å². The van der Waals surface area contributed by atoms with E-state index in [0.717, 1.165) is 22.3 Å². The highest BCUT2D eigenvalue weighted by molar-refractivity contribution is 6.33. The van der Waals surface area contributed by atoms with Crippen LogP contribution < -0.4 is 0 Å². The molecule has 9 heteroatoms. The second-order valence-electron chi connectivity index (χ2n) is 9.80. The third-order valence-electron chi connectivity index (χ3n) is 5.63. The number of carbonyl (C=O) groups excluding carboxylic acids is 1. The Hall–Kier alpha value is -3.26. The van der Waals surface area contributed by atoms with Crippen LogP contribution in [0.1, 0.15) is 44.9 Å². The first-order valence-corrected chi connectivity index (χ1v) is 13.0. The van der Waals surface area contributed by atoms with Gasteiger partial charge >= 0.3 is 5.97 Å². The maximum absolute atomic E-state index is 11.9. The van der Waals surface area contributed by atoms with Gasteiger partial charge in [0.05, 0.1) is 17.3 Å². The second kappa shape index (κ2) is 12.1. The SMILES string of the molecule is COCc1cc(-c2nc(-c3cnc(CCCC(=O)OC(C)(C)C)c(Cl)c3)no2)ccc1-c1ccccc1Cl. The average molecular weight is 554 g/mol.